The number of amides is 1. The molecule has 2 aromatic carbocycles. The highest BCUT2D eigenvalue weighted by atomic mass is 16.5. The van der Waals surface area contributed by atoms with Gasteiger partial charge in [-0.3, -0.25) is 4.79 Å². The van der Waals surface area contributed by atoms with Crippen LogP contribution in [-0.2, 0) is 4.79 Å². The molecular formula is C19H22N2O4. The van der Waals surface area contributed by atoms with E-state index in [1.54, 1.807) is 0 Å². The van der Waals surface area contributed by atoms with Gasteiger partial charge in [0, 0.05) is 0 Å². The lowest BCUT2D eigenvalue weighted by Gasteiger charge is -2.34. The highest BCUT2D eigenvalue weighted by Gasteiger charge is 2.28. The lowest BCUT2D eigenvalue weighted by Crippen LogP contribution is -2.48. The zero-order valence-electron chi connectivity index (χ0n) is 14.2. The lowest BCUT2D eigenvalue weighted by molar-refractivity contribution is -0.124. The number of rotatable bonds is 7. The quantitative estimate of drug-likeness (QED) is 0.835. The highest BCUT2D eigenvalue weighted by Crippen LogP contribution is 2.32. The summed E-state index contributed by atoms with van der Waals surface area (Å²) >= 11 is 0. The van der Waals surface area contributed by atoms with E-state index in [0.717, 1.165) is 17.2 Å². The summed E-state index contributed by atoms with van der Waals surface area (Å²) in [5.41, 5.74) is 6.35. The fourth-order valence-corrected chi connectivity index (χ4v) is 2.74. The van der Waals surface area contributed by atoms with Crippen molar-refractivity contribution in [1.29, 1.82) is 0 Å². The number of nitrogens with zero attached hydrogens (tertiary/aromatic N) is 1. The van der Waals surface area contributed by atoms with E-state index >= 15 is 0 Å². The van der Waals surface area contributed by atoms with E-state index < -0.39 is 12.0 Å². The summed E-state index contributed by atoms with van der Waals surface area (Å²) in [6.45, 7) is 4.10. The first-order valence-corrected chi connectivity index (χ1v) is 8.33. The predicted octanol–water partition coefficient (Wildman–Crippen LogP) is 2.22. The molecule has 132 valence electrons. The number of hydrogen-bond acceptors (Lipinski definition) is 5. The minimum absolute atomic E-state index is 0.416. The minimum Gasteiger partial charge on any atom is -0.494 e. The van der Waals surface area contributed by atoms with Crippen LogP contribution in [0.4, 0.5) is 5.69 Å². The number of carbonyl (C=O) groups excluding carboxylic acids is 1. The SMILES string of the molecule is CCOc1ccc(OCCN2CC(C(N)=O)Oc3ccccc32)cc1. The van der Waals surface area contributed by atoms with Crippen LogP contribution in [0.25, 0.3) is 0 Å². The number of nitrogens with two attached hydrogens (primary N) is 1. The first-order chi connectivity index (χ1) is 12.2. The third-order valence-electron chi connectivity index (χ3n) is 3.94. The maximum atomic E-state index is 11.5. The second-order valence-electron chi connectivity index (χ2n) is 5.68. The van der Waals surface area contributed by atoms with Crippen molar-refractivity contribution >= 4 is 11.6 Å². The molecule has 0 radical (unpaired) electrons. The van der Waals surface area contributed by atoms with Crippen LogP contribution in [-0.4, -0.2) is 38.3 Å². The number of para-hydroxylation sites is 2. The summed E-state index contributed by atoms with van der Waals surface area (Å²) in [6, 6.07) is 15.1. The number of anilines is 1. The van der Waals surface area contributed by atoms with Gasteiger partial charge in [0.25, 0.3) is 5.91 Å². The highest BCUT2D eigenvalue weighted by molar-refractivity contribution is 5.81. The van der Waals surface area contributed by atoms with Crippen molar-refractivity contribution < 1.29 is 19.0 Å². The van der Waals surface area contributed by atoms with Gasteiger partial charge in [-0.1, -0.05) is 12.1 Å². The first-order valence-electron chi connectivity index (χ1n) is 8.33. The third-order valence-corrected chi connectivity index (χ3v) is 3.94. The van der Waals surface area contributed by atoms with Gasteiger partial charge < -0.3 is 24.8 Å². The van der Waals surface area contributed by atoms with Crippen molar-refractivity contribution in [1.82, 2.24) is 0 Å². The van der Waals surface area contributed by atoms with E-state index in [1.165, 1.54) is 0 Å². The van der Waals surface area contributed by atoms with Crippen molar-refractivity contribution in [3.05, 3.63) is 48.5 Å². The molecule has 0 aromatic heterocycles. The van der Waals surface area contributed by atoms with Crippen molar-refractivity contribution in [3.63, 3.8) is 0 Å². The average molecular weight is 342 g/mol. The molecule has 2 aromatic rings. The van der Waals surface area contributed by atoms with Crippen molar-refractivity contribution in [2.75, 3.05) is 31.2 Å². The molecule has 1 aliphatic rings. The fourth-order valence-electron chi connectivity index (χ4n) is 2.74. The van der Waals surface area contributed by atoms with Gasteiger partial charge in [-0.05, 0) is 43.3 Å². The number of benzene rings is 2. The molecule has 0 aliphatic carbocycles. The number of carbonyl (C=O) groups is 1. The van der Waals surface area contributed by atoms with Crippen molar-refractivity contribution in [3.8, 4) is 17.2 Å². The summed E-state index contributed by atoms with van der Waals surface area (Å²) in [7, 11) is 0. The molecule has 2 N–H and O–H groups in total. The molecule has 25 heavy (non-hydrogen) atoms. The molecule has 3 rings (SSSR count). The van der Waals surface area contributed by atoms with Crippen LogP contribution in [0.2, 0.25) is 0 Å². The second-order valence-corrected chi connectivity index (χ2v) is 5.68. The average Bonchev–Trinajstić information content (AvgIpc) is 2.63. The largest absolute Gasteiger partial charge is 0.494 e. The zero-order chi connectivity index (χ0) is 17.6. The lowest BCUT2D eigenvalue weighted by atomic mass is 10.2. The van der Waals surface area contributed by atoms with Crippen LogP contribution in [0, 0.1) is 0 Å². The van der Waals surface area contributed by atoms with Gasteiger partial charge in [-0.25, -0.2) is 0 Å². The Labute approximate surface area is 147 Å². The van der Waals surface area contributed by atoms with Crippen LogP contribution in [0.15, 0.2) is 48.5 Å². The summed E-state index contributed by atoms with van der Waals surface area (Å²) in [4.78, 5) is 13.6. The van der Waals surface area contributed by atoms with E-state index in [1.807, 2.05) is 55.5 Å². The smallest absolute Gasteiger partial charge is 0.260 e. The molecule has 6 heteroatoms. The third kappa shape index (κ3) is 4.15. The summed E-state index contributed by atoms with van der Waals surface area (Å²) in [6.07, 6.45) is -0.652. The molecule has 0 saturated heterocycles. The molecule has 1 amide bonds. The Hall–Kier alpha value is -2.89. The zero-order valence-corrected chi connectivity index (χ0v) is 14.2. The maximum absolute atomic E-state index is 11.5. The Morgan fingerprint density at radius 3 is 2.52 bits per heavy atom. The van der Waals surface area contributed by atoms with Gasteiger partial charge in [0.2, 0.25) is 0 Å². The van der Waals surface area contributed by atoms with Crippen LogP contribution >= 0.6 is 0 Å². The molecule has 0 bridgehead atoms. The summed E-state index contributed by atoms with van der Waals surface area (Å²) in [5.74, 6) is 1.79. The van der Waals surface area contributed by atoms with Crippen LogP contribution in [0.5, 0.6) is 17.2 Å². The molecule has 0 spiro atoms. The van der Waals surface area contributed by atoms with Gasteiger partial charge in [0.1, 0.15) is 23.9 Å². The molecule has 0 saturated carbocycles. The van der Waals surface area contributed by atoms with E-state index in [2.05, 4.69) is 4.90 Å². The van der Waals surface area contributed by atoms with E-state index in [-0.39, 0.29) is 0 Å². The molecule has 1 heterocycles. The molecule has 0 fully saturated rings. The molecule has 1 atom stereocenters. The molecule has 1 aliphatic heterocycles. The number of primary amides is 1. The van der Waals surface area contributed by atoms with Crippen molar-refractivity contribution in [2.45, 2.75) is 13.0 Å². The summed E-state index contributed by atoms with van der Waals surface area (Å²) in [5, 5.41) is 0. The van der Waals surface area contributed by atoms with Crippen LogP contribution in [0.1, 0.15) is 6.92 Å². The minimum atomic E-state index is -0.652. The molecule has 6 nitrogen and oxygen atoms in total. The van der Waals surface area contributed by atoms with Gasteiger partial charge in [-0.15, -0.1) is 0 Å². The van der Waals surface area contributed by atoms with Crippen LogP contribution in [0.3, 0.4) is 0 Å². The Bertz CT molecular complexity index is 718. The van der Waals surface area contributed by atoms with E-state index in [9.17, 15) is 4.79 Å². The monoisotopic (exact) mass is 342 g/mol. The Balaban J connectivity index is 1.61. The number of fused-ring (bicyclic) bond motifs is 1. The number of ether oxygens (including phenoxy) is 3. The van der Waals surface area contributed by atoms with E-state index in [0.29, 0.717) is 32.1 Å². The normalized spacial score (nSPS) is 15.9. The second kappa shape index (κ2) is 7.79. The number of hydrogen-bond donors (Lipinski definition) is 1. The van der Waals surface area contributed by atoms with Crippen molar-refractivity contribution in [2.24, 2.45) is 5.73 Å². The van der Waals surface area contributed by atoms with E-state index in [4.69, 9.17) is 19.9 Å². The topological polar surface area (TPSA) is 74.0 Å². The van der Waals surface area contributed by atoms with Gasteiger partial charge >= 0.3 is 0 Å². The Morgan fingerprint density at radius 2 is 1.84 bits per heavy atom. The van der Waals surface area contributed by atoms with Gasteiger partial charge in [0.05, 0.1) is 25.4 Å². The Kier molecular flexibility index (Phi) is 5.28. The van der Waals surface area contributed by atoms with Crippen LogP contribution < -0.4 is 24.8 Å². The molecule has 1 unspecified atom stereocenters. The van der Waals surface area contributed by atoms with Gasteiger partial charge in [0.15, 0.2) is 6.10 Å². The maximum Gasteiger partial charge on any atom is 0.260 e. The van der Waals surface area contributed by atoms with Gasteiger partial charge in [-0.2, -0.15) is 0 Å². The fraction of sp³-hybridized carbons (Fsp3) is 0.316. The standard InChI is InChI=1S/C19H22N2O4/c1-2-23-14-7-9-15(10-8-14)24-12-11-21-13-18(19(20)22)25-17-6-4-3-5-16(17)21/h3-10,18H,2,11-13H2,1H3,(H2,20,22). The first kappa shape index (κ1) is 17.0. The molecular weight excluding hydrogens is 320 g/mol. The summed E-state index contributed by atoms with van der Waals surface area (Å²) < 4.78 is 16.9. The predicted molar refractivity (Wildman–Crippen MR) is 95.4 cm³/mol. The Morgan fingerprint density at radius 1 is 1.16 bits per heavy atom.